The molecule has 0 radical (unpaired) electrons. The lowest BCUT2D eigenvalue weighted by Crippen LogP contribution is -2.38. The fourth-order valence-electron chi connectivity index (χ4n) is 3.48. The van der Waals surface area contributed by atoms with Crippen LogP contribution >= 0.6 is 11.8 Å². The molecule has 104 valence electrons. The van der Waals surface area contributed by atoms with E-state index in [9.17, 15) is 5.11 Å². The molecule has 1 atom stereocenters. The fourth-order valence-corrected chi connectivity index (χ4v) is 4.73. The summed E-state index contributed by atoms with van der Waals surface area (Å²) in [5, 5.41) is 9.32. The van der Waals surface area contributed by atoms with Gasteiger partial charge in [0.2, 0.25) is 0 Å². The predicted molar refractivity (Wildman–Crippen MR) is 80.8 cm³/mol. The first kappa shape index (κ1) is 13.5. The van der Waals surface area contributed by atoms with Gasteiger partial charge in [0.15, 0.2) is 0 Å². The van der Waals surface area contributed by atoms with Crippen LogP contribution in [0.25, 0.3) is 0 Å². The third-order valence-electron chi connectivity index (χ3n) is 4.48. The second kappa shape index (κ2) is 6.29. The summed E-state index contributed by atoms with van der Waals surface area (Å²) in [5.74, 6) is 1.85. The van der Waals surface area contributed by atoms with E-state index < -0.39 is 0 Å². The van der Waals surface area contributed by atoms with E-state index in [-0.39, 0.29) is 6.61 Å². The van der Waals surface area contributed by atoms with Crippen molar-refractivity contribution in [3.05, 3.63) is 29.8 Å². The summed E-state index contributed by atoms with van der Waals surface area (Å²) in [6.45, 7) is 2.25. The van der Waals surface area contributed by atoms with Gasteiger partial charge in [0.1, 0.15) is 0 Å². The minimum absolute atomic E-state index is 0.290. The van der Waals surface area contributed by atoms with Gasteiger partial charge < -0.3 is 5.11 Å². The van der Waals surface area contributed by atoms with Crippen molar-refractivity contribution in [2.75, 3.05) is 25.4 Å². The maximum Gasteiger partial charge on any atom is 0.0558 e. The van der Waals surface area contributed by atoms with Crippen molar-refractivity contribution >= 4 is 11.8 Å². The van der Waals surface area contributed by atoms with E-state index >= 15 is 0 Å². The third-order valence-corrected chi connectivity index (χ3v) is 5.73. The van der Waals surface area contributed by atoms with Crippen LogP contribution in [0.3, 0.4) is 0 Å². The van der Waals surface area contributed by atoms with Crippen LogP contribution in [0.4, 0.5) is 0 Å². The number of thioether (sulfide) groups is 1. The topological polar surface area (TPSA) is 23.5 Å². The molecule has 2 nitrogen and oxygen atoms in total. The van der Waals surface area contributed by atoms with Crippen molar-refractivity contribution in [2.45, 2.75) is 42.5 Å². The average molecular weight is 277 g/mol. The van der Waals surface area contributed by atoms with Gasteiger partial charge in [-0.25, -0.2) is 0 Å². The maximum atomic E-state index is 9.32. The molecule has 1 aromatic rings. The zero-order chi connectivity index (χ0) is 13.1. The van der Waals surface area contributed by atoms with Crippen LogP contribution < -0.4 is 0 Å². The van der Waals surface area contributed by atoms with Gasteiger partial charge >= 0.3 is 0 Å². The maximum absolute atomic E-state index is 9.32. The molecule has 1 fully saturated rings. The lowest BCUT2D eigenvalue weighted by atomic mass is 10.00. The Kier molecular flexibility index (Phi) is 4.46. The van der Waals surface area contributed by atoms with Gasteiger partial charge in [-0.3, -0.25) is 4.90 Å². The number of hydrogen-bond acceptors (Lipinski definition) is 3. The molecule has 0 spiro atoms. The molecule has 0 bridgehead atoms. The Morgan fingerprint density at radius 3 is 2.79 bits per heavy atom. The lowest BCUT2D eigenvalue weighted by molar-refractivity contribution is 0.146. The first-order valence-corrected chi connectivity index (χ1v) is 8.43. The normalized spacial score (nSPS) is 23.2. The Labute approximate surface area is 120 Å². The molecular weight excluding hydrogens is 254 g/mol. The van der Waals surface area contributed by atoms with Crippen molar-refractivity contribution in [3.8, 4) is 0 Å². The Morgan fingerprint density at radius 1 is 1.21 bits per heavy atom. The molecule has 1 N–H and O–H groups in total. The van der Waals surface area contributed by atoms with Gasteiger partial charge in [0.05, 0.1) is 6.61 Å². The zero-order valence-corrected chi connectivity index (χ0v) is 12.2. The van der Waals surface area contributed by atoms with Crippen molar-refractivity contribution in [3.63, 3.8) is 0 Å². The summed E-state index contributed by atoms with van der Waals surface area (Å²) in [6.07, 6.45) is 5.37. The number of hydrogen-bond donors (Lipinski definition) is 1. The Hall–Kier alpha value is -0.510. The van der Waals surface area contributed by atoms with Gasteiger partial charge in [-0.2, -0.15) is 0 Å². The Balaban J connectivity index is 1.69. The molecule has 1 aromatic carbocycles. The average Bonchev–Trinajstić information content (AvgIpc) is 3.08. The van der Waals surface area contributed by atoms with E-state index in [1.54, 1.807) is 0 Å². The molecule has 2 aliphatic rings. The second-order valence-corrected chi connectivity index (χ2v) is 6.76. The van der Waals surface area contributed by atoms with Crippen LogP contribution in [0.5, 0.6) is 0 Å². The van der Waals surface area contributed by atoms with Crippen LogP contribution in [-0.2, 0) is 0 Å². The number of rotatable bonds is 5. The second-order valence-electron chi connectivity index (χ2n) is 5.70. The molecule has 19 heavy (non-hydrogen) atoms. The summed E-state index contributed by atoms with van der Waals surface area (Å²) >= 11 is 1.99. The monoisotopic (exact) mass is 277 g/mol. The number of fused-ring (bicyclic) bond motifs is 1. The lowest BCUT2D eigenvalue weighted by Gasteiger charge is -2.30. The minimum Gasteiger partial charge on any atom is -0.395 e. The number of aliphatic hydroxyl groups is 1. The molecule has 1 unspecified atom stereocenters. The molecule has 3 rings (SSSR count). The predicted octanol–water partition coefficient (Wildman–Crippen LogP) is 3.11. The summed E-state index contributed by atoms with van der Waals surface area (Å²) < 4.78 is 0. The Morgan fingerprint density at radius 2 is 2.00 bits per heavy atom. The van der Waals surface area contributed by atoms with E-state index in [2.05, 4.69) is 29.2 Å². The highest BCUT2D eigenvalue weighted by Crippen LogP contribution is 2.40. The molecule has 3 heteroatoms. The number of nitrogens with zero attached hydrogens (tertiary/aromatic N) is 1. The summed E-state index contributed by atoms with van der Waals surface area (Å²) in [5.41, 5.74) is 1.52. The molecule has 0 amide bonds. The van der Waals surface area contributed by atoms with Crippen molar-refractivity contribution in [2.24, 2.45) is 0 Å². The largest absolute Gasteiger partial charge is 0.395 e. The van der Waals surface area contributed by atoms with Gasteiger partial charge in [-0.05, 0) is 24.5 Å². The summed E-state index contributed by atoms with van der Waals surface area (Å²) in [4.78, 5) is 4.00. The van der Waals surface area contributed by atoms with Crippen molar-refractivity contribution in [1.82, 2.24) is 4.90 Å². The van der Waals surface area contributed by atoms with Crippen LogP contribution in [-0.4, -0.2) is 41.5 Å². The Bertz CT molecular complexity index is 417. The van der Waals surface area contributed by atoms with E-state index in [1.165, 1.54) is 41.9 Å². The van der Waals surface area contributed by atoms with Crippen molar-refractivity contribution < 1.29 is 5.11 Å². The highest BCUT2D eigenvalue weighted by atomic mass is 32.2. The molecule has 1 heterocycles. The van der Waals surface area contributed by atoms with Gasteiger partial charge in [-0.1, -0.05) is 31.0 Å². The van der Waals surface area contributed by atoms with Crippen molar-refractivity contribution in [1.29, 1.82) is 0 Å². The van der Waals surface area contributed by atoms with Crippen LogP contribution in [0.2, 0.25) is 0 Å². The molecule has 0 saturated heterocycles. The SMILES string of the molecule is OCCN(CC1CSc2ccccc21)C1CCCC1. The van der Waals surface area contributed by atoms with E-state index in [0.717, 1.165) is 13.1 Å². The van der Waals surface area contributed by atoms with Crippen LogP contribution in [0.1, 0.15) is 37.2 Å². The first-order valence-electron chi connectivity index (χ1n) is 7.45. The van der Waals surface area contributed by atoms with Crippen LogP contribution in [0.15, 0.2) is 29.2 Å². The third kappa shape index (κ3) is 2.99. The summed E-state index contributed by atoms with van der Waals surface area (Å²) in [6, 6.07) is 9.53. The smallest absolute Gasteiger partial charge is 0.0558 e. The highest BCUT2D eigenvalue weighted by molar-refractivity contribution is 7.99. The van der Waals surface area contributed by atoms with Gasteiger partial charge in [-0.15, -0.1) is 11.8 Å². The molecule has 1 saturated carbocycles. The van der Waals surface area contributed by atoms with Crippen LogP contribution in [0, 0.1) is 0 Å². The standard InChI is InChI=1S/C16H23NOS/c18-10-9-17(14-5-1-2-6-14)11-13-12-19-16-8-4-3-7-15(13)16/h3-4,7-8,13-14,18H,1-2,5-6,9-12H2. The minimum atomic E-state index is 0.290. The zero-order valence-electron chi connectivity index (χ0n) is 11.4. The fraction of sp³-hybridized carbons (Fsp3) is 0.625. The van der Waals surface area contributed by atoms with E-state index in [4.69, 9.17) is 0 Å². The first-order chi connectivity index (χ1) is 9.38. The van der Waals surface area contributed by atoms with Gasteiger partial charge in [0, 0.05) is 35.7 Å². The summed E-state index contributed by atoms with van der Waals surface area (Å²) in [7, 11) is 0. The van der Waals surface area contributed by atoms with Gasteiger partial charge in [0.25, 0.3) is 0 Å². The molecule has 1 aliphatic heterocycles. The quantitative estimate of drug-likeness (QED) is 0.894. The highest BCUT2D eigenvalue weighted by Gasteiger charge is 2.28. The molecular formula is C16H23NOS. The molecule has 1 aliphatic carbocycles. The molecule has 0 aromatic heterocycles. The number of aliphatic hydroxyl groups excluding tert-OH is 1. The number of benzene rings is 1. The van der Waals surface area contributed by atoms with E-state index in [0.29, 0.717) is 12.0 Å². The van der Waals surface area contributed by atoms with E-state index in [1.807, 2.05) is 11.8 Å².